The molecule has 0 aliphatic carbocycles. The molecule has 0 atom stereocenters. The molecule has 0 saturated heterocycles. The molecule has 3 heterocycles. The lowest BCUT2D eigenvalue weighted by atomic mass is 10.2. The number of ether oxygens (including phenoxy) is 1. The highest BCUT2D eigenvalue weighted by atomic mass is 35.5. The van der Waals surface area contributed by atoms with E-state index >= 15 is 0 Å². The lowest BCUT2D eigenvalue weighted by Gasteiger charge is -2.08. The Morgan fingerprint density at radius 1 is 1.12 bits per heavy atom. The molecule has 11 heteroatoms. The Balaban J connectivity index is 1.82. The van der Waals surface area contributed by atoms with Gasteiger partial charge in [0.05, 0.1) is 13.2 Å². The fraction of sp³-hybridized carbons (Fsp3) is 0.182. The topological polar surface area (TPSA) is 99.2 Å². The molecule has 1 N–H and O–H groups in total. The molecule has 168 valence electrons. The maximum absolute atomic E-state index is 14.6. The number of fused-ring (bicyclic) bond motifs is 3. The number of halogens is 2. The Bertz CT molecular complexity index is 1610. The number of benzene rings is 2. The molecular formula is C22H18ClFN6O3. The van der Waals surface area contributed by atoms with E-state index in [2.05, 4.69) is 15.2 Å². The molecule has 0 fully saturated rings. The number of imidazole rings is 1. The third-order valence-electron chi connectivity index (χ3n) is 5.44. The summed E-state index contributed by atoms with van der Waals surface area (Å²) in [6.45, 7) is 2.34. The van der Waals surface area contributed by atoms with Gasteiger partial charge in [0.1, 0.15) is 11.6 Å². The van der Waals surface area contributed by atoms with E-state index in [9.17, 15) is 14.0 Å². The second kappa shape index (κ2) is 7.89. The number of hydrogen-bond acceptors (Lipinski definition) is 5. The highest BCUT2D eigenvalue weighted by Gasteiger charge is 2.24. The third kappa shape index (κ3) is 3.30. The summed E-state index contributed by atoms with van der Waals surface area (Å²) in [4.78, 5) is 27.6. The second-order valence-corrected chi connectivity index (χ2v) is 7.80. The molecule has 3 aromatic heterocycles. The number of H-pyrrole nitrogens is 1. The van der Waals surface area contributed by atoms with Crippen molar-refractivity contribution < 1.29 is 9.13 Å². The fourth-order valence-electron chi connectivity index (χ4n) is 3.89. The molecule has 0 unspecified atom stereocenters. The summed E-state index contributed by atoms with van der Waals surface area (Å²) in [5.74, 6) is 0.856. The van der Waals surface area contributed by atoms with E-state index in [0.29, 0.717) is 23.7 Å². The first-order valence-corrected chi connectivity index (χ1v) is 10.5. The molecule has 0 saturated carbocycles. The first-order chi connectivity index (χ1) is 15.9. The van der Waals surface area contributed by atoms with Gasteiger partial charge in [0.2, 0.25) is 5.78 Å². The average molecular weight is 469 g/mol. The van der Waals surface area contributed by atoms with Gasteiger partial charge in [-0.25, -0.2) is 13.6 Å². The van der Waals surface area contributed by atoms with Gasteiger partial charge in [-0.05, 0) is 43.3 Å². The van der Waals surface area contributed by atoms with Crippen molar-refractivity contribution >= 4 is 28.5 Å². The fourth-order valence-corrected chi connectivity index (χ4v) is 4.11. The van der Waals surface area contributed by atoms with E-state index in [1.165, 1.54) is 28.3 Å². The van der Waals surface area contributed by atoms with Gasteiger partial charge in [-0.2, -0.15) is 0 Å². The minimum atomic E-state index is -0.622. The first kappa shape index (κ1) is 21.0. The van der Waals surface area contributed by atoms with Crippen molar-refractivity contribution in [2.75, 3.05) is 6.61 Å². The van der Waals surface area contributed by atoms with Gasteiger partial charge < -0.3 is 4.74 Å². The first-order valence-electron chi connectivity index (χ1n) is 10.1. The summed E-state index contributed by atoms with van der Waals surface area (Å²) >= 11 is 6.24. The zero-order valence-electron chi connectivity index (χ0n) is 17.7. The minimum Gasteiger partial charge on any atom is -0.494 e. The van der Waals surface area contributed by atoms with Crippen LogP contribution in [0, 0.1) is 5.82 Å². The van der Waals surface area contributed by atoms with Crippen molar-refractivity contribution in [3.8, 4) is 17.1 Å². The van der Waals surface area contributed by atoms with Crippen LogP contribution in [0.15, 0.2) is 52.1 Å². The van der Waals surface area contributed by atoms with Crippen LogP contribution in [0.25, 0.3) is 28.3 Å². The van der Waals surface area contributed by atoms with Crippen LogP contribution >= 0.6 is 11.6 Å². The van der Waals surface area contributed by atoms with Crippen molar-refractivity contribution in [2.45, 2.75) is 13.5 Å². The Kier molecular flexibility index (Phi) is 5.01. The zero-order valence-corrected chi connectivity index (χ0v) is 18.4. The van der Waals surface area contributed by atoms with E-state index in [1.807, 2.05) is 19.1 Å². The van der Waals surface area contributed by atoms with Crippen LogP contribution in [0.3, 0.4) is 0 Å². The number of hydrogen-bond donors (Lipinski definition) is 1. The van der Waals surface area contributed by atoms with Crippen molar-refractivity contribution in [3.05, 3.63) is 79.7 Å². The third-order valence-corrected chi connectivity index (χ3v) is 5.79. The van der Waals surface area contributed by atoms with Crippen LogP contribution in [0.2, 0.25) is 5.02 Å². The van der Waals surface area contributed by atoms with E-state index in [-0.39, 0.29) is 34.1 Å². The van der Waals surface area contributed by atoms with Gasteiger partial charge in [0, 0.05) is 23.2 Å². The Labute approximate surface area is 190 Å². The van der Waals surface area contributed by atoms with Gasteiger partial charge in [0.15, 0.2) is 17.0 Å². The van der Waals surface area contributed by atoms with Crippen molar-refractivity contribution in [3.63, 3.8) is 0 Å². The molecule has 0 bridgehead atoms. The Morgan fingerprint density at radius 2 is 1.88 bits per heavy atom. The van der Waals surface area contributed by atoms with E-state index in [1.54, 1.807) is 22.6 Å². The lowest BCUT2D eigenvalue weighted by molar-refractivity contribution is 0.340. The molecule has 33 heavy (non-hydrogen) atoms. The normalized spacial score (nSPS) is 11.5. The van der Waals surface area contributed by atoms with E-state index in [4.69, 9.17) is 16.3 Å². The van der Waals surface area contributed by atoms with E-state index < -0.39 is 17.1 Å². The highest BCUT2D eigenvalue weighted by molar-refractivity contribution is 6.31. The van der Waals surface area contributed by atoms with Crippen LogP contribution in [0.4, 0.5) is 4.39 Å². The maximum atomic E-state index is 14.6. The second-order valence-electron chi connectivity index (χ2n) is 7.39. The minimum absolute atomic E-state index is 0.0821. The quantitative estimate of drug-likeness (QED) is 0.427. The van der Waals surface area contributed by atoms with Crippen LogP contribution in [-0.4, -0.2) is 35.3 Å². The molecule has 0 aliphatic heterocycles. The SMILES string of the molecule is CCOc1ccc(-c2nnc3n(Cc4c(F)cccc4Cl)c4c(=O)[nH]c(=O)n(C)c4n23)cc1. The predicted molar refractivity (Wildman–Crippen MR) is 121 cm³/mol. The lowest BCUT2D eigenvalue weighted by Crippen LogP contribution is -2.29. The van der Waals surface area contributed by atoms with Gasteiger partial charge in [-0.1, -0.05) is 17.7 Å². The van der Waals surface area contributed by atoms with Crippen molar-refractivity contribution in [2.24, 2.45) is 7.05 Å². The van der Waals surface area contributed by atoms with Crippen molar-refractivity contribution in [1.82, 2.24) is 28.7 Å². The molecule has 5 rings (SSSR count). The van der Waals surface area contributed by atoms with Gasteiger partial charge in [-0.3, -0.25) is 18.9 Å². The summed E-state index contributed by atoms with van der Waals surface area (Å²) in [7, 11) is 1.53. The average Bonchev–Trinajstić information content (AvgIpc) is 3.35. The number of aromatic nitrogens is 6. The summed E-state index contributed by atoms with van der Waals surface area (Å²) in [5, 5.41) is 8.78. The van der Waals surface area contributed by atoms with E-state index in [0.717, 1.165) is 0 Å². The molecule has 9 nitrogen and oxygen atoms in total. The number of nitrogens with zero attached hydrogens (tertiary/aromatic N) is 5. The van der Waals surface area contributed by atoms with Gasteiger partial charge >= 0.3 is 5.69 Å². The molecule has 0 spiro atoms. The molecule has 0 aliphatic rings. The van der Waals surface area contributed by atoms with Crippen LogP contribution < -0.4 is 16.0 Å². The summed E-state index contributed by atoms with van der Waals surface area (Å²) in [5.41, 5.74) is 0.0956. The Morgan fingerprint density at radius 3 is 2.58 bits per heavy atom. The monoisotopic (exact) mass is 468 g/mol. The highest BCUT2D eigenvalue weighted by Crippen LogP contribution is 2.28. The molecule has 5 aromatic rings. The zero-order chi connectivity index (χ0) is 23.3. The molecular weight excluding hydrogens is 451 g/mol. The van der Waals surface area contributed by atoms with Crippen LogP contribution in [0.1, 0.15) is 12.5 Å². The molecule has 0 amide bonds. The van der Waals surface area contributed by atoms with Crippen molar-refractivity contribution in [1.29, 1.82) is 0 Å². The predicted octanol–water partition coefficient (Wildman–Crippen LogP) is 2.98. The standard InChI is InChI=1S/C22H18ClFN6O3/c1-3-33-13-9-7-12(8-10-13)18-26-27-21-29(11-14-15(23)5-4-6-16(14)24)17-19(31)25-22(32)28(2)20(17)30(18)21/h4-10H,3,11H2,1-2H3,(H,25,31,32). The number of aryl methyl sites for hydroxylation is 1. The maximum Gasteiger partial charge on any atom is 0.329 e. The summed E-state index contributed by atoms with van der Waals surface area (Å²) < 4.78 is 24.5. The largest absolute Gasteiger partial charge is 0.494 e. The molecule has 2 aromatic carbocycles. The smallest absolute Gasteiger partial charge is 0.329 e. The van der Waals surface area contributed by atoms with Gasteiger partial charge in [0.25, 0.3) is 5.56 Å². The Hall–Kier alpha value is -3.92. The van der Waals surface area contributed by atoms with Crippen LogP contribution in [0.5, 0.6) is 5.75 Å². The number of rotatable bonds is 5. The van der Waals surface area contributed by atoms with Gasteiger partial charge in [-0.15, -0.1) is 10.2 Å². The summed E-state index contributed by atoms with van der Waals surface area (Å²) in [6.07, 6.45) is 0. The number of aromatic amines is 1. The van der Waals surface area contributed by atoms with Crippen LogP contribution in [-0.2, 0) is 13.6 Å². The number of nitrogens with one attached hydrogen (secondary N) is 1. The molecule has 0 radical (unpaired) electrons. The summed E-state index contributed by atoms with van der Waals surface area (Å²) in [6, 6.07) is 11.6.